The molecule has 2 aromatic heterocycles. The molecule has 0 saturated carbocycles. The summed E-state index contributed by atoms with van der Waals surface area (Å²) in [5.41, 5.74) is 1.20. The molecule has 2 N–H and O–H groups in total. The second-order valence-electron chi connectivity index (χ2n) is 6.12. The highest BCUT2D eigenvalue weighted by Gasteiger charge is 2.17. The number of aromatic nitrogens is 2. The van der Waals surface area contributed by atoms with E-state index in [1.807, 2.05) is 5.38 Å². The average Bonchev–Trinajstić information content (AvgIpc) is 2.96. The highest BCUT2D eigenvalue weighted by atomic mass is 32.1. The summed E-state index contributed by atoms with van der Waals surface area (Å²) in [6, 6.07) is 2.75. The molecule has 0 fully saturated rings. The Kier molecular flexibility index (Phi) is 5.10. The van der Waals surface area contributed by atoms with Crippen LogP contribution in [-0.4, -0.2) is 33.5 Å². The predicted molar refractivity (Wildman–Crippen MR) is 88.0 cm³/mol. The van der Waals surface area contributed by atoms with Crippen LogP contribution in [0.5, 0.6) is 0 Å². The van der Waals surface area contributed by atoms with Gasteiger partial charge in [0, 0.05) is 35.5 Å². The van der Waals surface area contributed by atoms with Crippen molar-refractivity contribution in [2.24, 2.45) is 0 Å². The number of carbonyl (C=O) groups excluding carboxylic acids is 1. The van der Waals surface area contributed by atoms with E-state index in [1.165, 1.54) is 18.3 Å². The Morgan fingerprint density at radius 3 is 2.70 bits per heavy atom. The Morgan fingerprint density at radius 2 is 2.09 bits per heavy atom. The Balaban J connectivity index is 1.91. The van der Waals surface area contributed by atoms with Gasteiger partial charge in [0.15, 0.2) is 0 Å². The number of carboxylic acid groups (broad SMARTS) is 1. The molecular formula is C16H19N3O3S. The first kappa shape index (κ1) is 17.1. The number of pyridine rings is 1. The molecule has 23 heavy (non-hydrogen) atoms. The Labute approximate surface area is 138 Å². The van der Waals surface area contributed by atoms with Crippen LogP contribution < -0.4 is 5.32 Å². The van der Waals surface area contributed by atoms with Crippen molar-refractivity contribution in [2.45, 2.75) is 32.6 Å². The third-order valence-corrected chi connectivity index (χ3v) is 4.09. The monoisotopic (exact) mass is 333 g/mol. The Bertz CT molecular complexity index is 719. The first-order valence-electron chi connectivity index (χ1n) is 7.20. The zero-order valence-electron chi connectivity index (χ0n) is 13.3. The molecule has 7 heteroatoms. The number of carbonyl (C=O) groups is 2. The molecule has 0 aliphatic heterocycles. The molecule has 0 aliphatic rings. The van der Waals surface area contributed by atoms with Crippen LogP contribution in [-0.2, 0) is 11.8 Å². The van der Waals surface area contributed by atoms with Gasteiger partial charge in [0.05, 0.1) is 10.7 Å². The number of amides is 1. The maximum atomic E-state index is 12.0. The lowest BCUT2D eigenvalue weighted by Gasteiger charge is -2.14. The van der Waals surface area contributed by atoms with Crippen molar-refractivity contribution in [3.63, 3.8) is 0 Å². The van der Waals surface area contributed by atoms with Gasteiger partial charge in [-0.25, -0.2) is 14.8 Å². The molecular weight excluding hydrogens is 314 g/mol. The van der Waals surface area contributed by atoms with Crippen LogP contribution in [0.2, 0.25) is 0 Å². The van der Waals surface area contributed by atoms with Gasteiger partial charge in [0.25, 0.3) is 5.91 Å². The highest BCUT2D eigenvalue weighted by molar-refractivity contribution is 7.09. The molecule has 0 aliphatic carbocycles. The zero-order chi connectivity index (χ0) is 17.0. The zero-order valence-corrected chi connectivity index (χ0v) is 14.1. The molecule has 6 nitrogen and oxygen atoms in total. The predicted octanol–water partition coefficient (Wildman–Crippen LogP) is 2.51. The molecule has 122 valence electrons. The standard InChI is InChI=1S/C16H19N3O3S/c1-16(2,3)12-9-23-13(19-12)5-7-18-14(20)10-4-6-17-11(8-10)15(21)22/h4,6,8-9H,5,7H2,1-3H3,(H,18,20)(H,21,22). The minimum absolute atomic E-state index is 0.0161. The number of thiazole rings is 1. The van der Waals surface area contributed by atoms with E-state index >= 15 is 0 Å². The maximum absolute atomic E-state index is 12.0. The quantitative estimate of drug-likeness (QED) is 0.877. The lowest BCUT2D eigenvalue weighted by atomic mass is 9.93. The molecule has 0 unspecified atom stereocenters. The van der Waals surface area contributed by atoms with E-state index in [2.05, 4.69) is 36.1 Å². The van der Waals surface area contributed by atoms with Crippen molar-refractivity contribution in [3.8, 4) is 0 Å². The summed E-state index contributed by atoms with van der Waals surface area (Å²) >= 11 is 1.58. The molecule has 2 aromatic rings. The van der Waals surface area contributed by atoms with Gasteiger partial charge in [-0.15, -0.1) is 11.3 Å². The van der Waals surface area contributed by atoms with Crippen LogP contribution in [0.15, 0.2) is 23.7 Å². The van der Waals surface area contributed by atoms with Gasteiger partial charge in [-0.3, -0.25) is 4.79 Å². The summed E-state index contributed by atoms with van der Waals surface area (Å²) in [4.78, 5) is 31.1. The molecule has 0 spiro atoms. The van der Waals surface area contributed by atoms with Crippen molar-refractivity contribution in [1.82, 2.24) is 15.3 Å². The largest absolute Gasteiger partial charge is 0.477 e. The lowest BCUT2D eigenvalue weighted by Crippen LogP contribution is -2.26. The normalized spacial score (nSPS) is 11.3. The first-order valence-corrected chi connectivity index (χ1v) is 8.08. The molecule has 0 bridgehead atoms. The summed E-state index contributed by atoms with van der Waals surface area (Å²) in [6.07, 6.45) is 1.96. The fourth-order valence-electron chi connectivity index (χ4n) is 1.84. The second-order valence-corrected chi connectivity index (χ2v) is 7.06. The summed E-state index contributed by atoms with van der Waals surface area (Å²) in [6.45, 7) is 6.77. The highest BCUT2D eigenvalue weighted by Crippen LogP contribution is 2.23. The number of carboxylic acids is 1. The number of hydrogen-bond donors (Lipinski definition) is 2. The van der Waals surface area contributed by atoms with Crippen LogP contribution >= 0.6 is 11.3 Å². The summed E-state index contributed by atoms with van der Waals surface area (Å²) < 4.78 is 0. The number of aromatic carboxylic acids is 1. The van der Waals surface area contributed by atoms with Crippen molar-refractivity contribution >= 4 is 23.2 Å². The van der Waals surface area contributed by atoms with Gasteiger partial charge < -0.3 is 10.4 Å². The molecule has 0 saturated heterocycles. The van der Waals surface area contributed by atoms with Crippen LogP contribution in [0.3, 0.4) is 0 Å². The summed E-state index contributed by atoms with van der Waals surface area (Å²) in [5.74, 6) is -1.47. The van der Waals surface area contributed by atoms with Crippen molar-refractivity contribution < 1.29 is 14.7 Å². The average molecular weight is 333 g/mol. The third-order valence-electron chi connectivity index (χ3n) is 3.19. The molecule has 0 atom stereocenters. The first-order chi connectivity index (χ1) is 10.8. The topological polar surface area (TPSA) is 92.2 Å². The smallest absolute Gasteiger partial charge is 0.354 e. The van der Waals surface area contributed by atoms with Crippen molar-refractivity contribution in [3.05, 3.63) is 45.7 Å². The van der Waals surface area contributed by atoms with Gasteiger partial charge in [-0.1, -0.05) is 20.8 Å². The Hall–Kier alpha value is -2.28. The van der Waals surface area contributed by atoms with E-state index in [0.29, 0.717) is 13.0 Å². The van der Waals surface area contributed by atoms with Gasteiger partial charge in [0.1, 0.15) is 5.69 Å². The van der Waals surface area contributed by atoms with E-state index in [4.69, 9.17) is 5.11 Å². The molecule has 2 rings (SSSR count). The van der Waals surface area contributed by atoms with Crippen molar-refractivity contribution in [1.29, 1.82) is 0 Å². The van der Waals surface area contributed by atoms with E-state index in [0.717, 1.165) is 10.7 Å². The number of hydrogen-bond acceptors (Lipinski definition) is 5. The van der Waals surface area contributed by atoms with Gasteiger partial charge in [-0.2, -0.15) is 0 Å². The van der Waals surface area contributed by atoms with Gasteiger partial charge >= 0.3 is 5.97 Å². The maximum Gasteiger partial charge on any atom is 0.354 e. The van der Waals surface area contributed by atoms with E-state index < -0.39 is 5.97 Å². The number of nitrogens with zero attached hydrogens (tertiary/aromatic N) is 2. The van der Waals surface area contributed by atoms with E-state index in [1.54, 1.807) is 11.3 Å². The Morgan fingerprint density at radius 1 is 1.35 bits per heavy atom. The minimum atomic E-state index is -1.16. The van der Waals surface area contributed by atoms with Gasteiger partial charge in [0.2, 0.25) is 0 Å². The fraction of sp³-hybridized carbons (Fsp3) is 0.375. The van der Waals surface area contributed by atoms with Gasteiger partial charge in [-0.05, 0) is 12.1 Å². The number of nitrogens with one attached hydrogen (secondary N) is 1. The van der Waals surface area contributed by atoms with E-state index in [9.17, 15) is 9.59 Å². The SMILES string of the molecule is CC(C)(C)c1csc(CCNC(=O)c2ccnc(C(=O)O)c2)n1. The lowest BCUT2D eigenvalue weighted by molar-refractivity contribution is 0.0690. The molecule has 0 radical (unpaired) electrons. The minimum Gasteiger partial charge on any atom is -0.477 e. The summed E-state index contributed by atoms with van der Waals surface area (Å²) in [7, 11) is 0. The molecule has 2 heterocycles. The number of rotatable bonds is 5. The fourth-order valence-corrected chi connectivity index (χ4v) is 2.87. The van der Waals surface area contributed by atoms with Crippen molar-refractivity contribution in [2.75, 3.05) is 6.54 Å². The summed E-state index contributed by atoms with van der Waals surface area (Å²) in [5, 5.41) is 14.7. The molecule has 0 aromatic carbocycles. The molecule has 1 amide bonds. The van der Waals surface area contributed by atoms with Crippen LogP contribution in [0.25, 0.3) is 0 Å². The third kappa shape index (κ3) is 4.59. The van der Waals surface area contributed by atoms with Crippen LogP contribution in [0, 0.1) is 0 Å². The van der Waals surface area contributed by atoms with E-state index in [-0.39, 0.29) is 22.6 Å². The second kappa shape index (κ2) is 6.87. The van der Waals surface area contributed by atoms with Crippen LogP contribution in [0.4, 0.5) is 0 Å². The van der Waals surface area contributed by atoms with Crippen LogP contribution in [0.1, 0.15) is 52.3 Å².